The van der Waals surface area contributed by atoms with Crippen LogP contribution in [-0.2, 0) is 4.74 Å². The van der Waals surface area contributed by atoms with Gasteiger partial charge in [-0.1, -0.05) is 91.0 Å². The Morgan fingerprint density at radius 3 is 1.95 bits per heavy atom. The van der Waals surface area contributed by atoms with Crippen molar-refractivity contribution < 1.29 is 19.0 Å². The second-order valence-electron chi connectivity index (χ2n) is 11.0. The van der Waals surface area contributed by atoms with Gasteiger partial charge in [-0.05, 0) is 70.7 Å². The first-order chi connectivity index (χ1) is 19.7. The maximum atomic E-state index is 15.0. The van der Waals surface area contributed by atoms with Gasteiger partial charge in [0, 0.05) is 5.56 Å². The SMILES string of the molecule is COc1cc2c(cc1OC)[C@@H]1O[C@@H](c3ccccc3)C[C@]1(C(=O)c1ccccc1)/C2=C(/c1ccccc1)C1CC1. The minimum atomic E-state index is -0.894. The third-order valence-corrected chi connectivity index (χ3v) is 8.76. The summed E-state index contributed by atoms with van der Waals surface area (Å²) in [5, 5.41) is 0. The number of fused-ring (bicyclic) bond motifs is 3. The number of hydrogen-bond donors (Lipinski definition) is 0. The maximum Gasteiger partial charge on any atom is 0.176 e. The van der Waals surface area contributed by atoms with E-state index in [9.17, 15) is 0 Å². The molecular formula is C36H32O4. The number of benzene rings is 4. The molecule has 1 saturated heterocycles. The van der Waals surface area contributed by atoms with Crippen LogP contribution < -0.4 is 9.47 Å². The van der Waals surface area contributed by atoms with Gasteiger partial charge in [0.2, 0.25) is 0 Å². The summed E-state index contributed by atoms with van der Waals surface area (Å²) in [4.78, 5) is 15.0. The number of hydrogen-bond acceptors (Lipinski definition) is 4. The van der Waals surface area contributed by atoms with E-state index in [0.717, 1.165) is 35.1 Å². The molecule has 3 atom stereocenters. The van der Waals surface area contributed by atoms with Crippen molar-refractivity contribution in [3.05, 3.63) is 131 Å². The molecule has 0 aromatic heterocycles. The Bertz CT molecular complexity index is 1590. The third-order valence-electron chi connectivity index (χ3n) is 8.76. The van der Waals surface area contributed by atoms with Gasteiger partial charge < -0.3 is 14.2 Å². The van der Waals surface area contributed by atoms with Crippen LogP contribution in [0.4, 0.5) is 0 Å². The summed E-state index contributed by atoms with van der Waals surface area (Å²) >= 11 is 0. The number of Topliss-reactive ketones (excluding diaryl/α,β-unsaturated/α-hetero) is 1. The molecule has 40 heavy (non-hydrogen) atoms. The molecule has 4 heteroatoms. The molecule has 2 aliphatic carbocycles. The quantitative estimate of drug-likeness (QED) is 0.227. The Morgan fingerprint density at radius 2 is 1.35 bits per heavy atom. The van der Waals surface area contributed by atoms with E-state index < -0.39 is 11.5 Å². The van der Waals surface area contributed by atoms with Crippen LogP contribution in [0.2, 0.25) is 0 Å². The highest BCUT2D eigenvalue weighted by atomic mass is 16.5. The van der Waals surface area contributed by atoms with Crippen LogP contribution in [0.25, 0.3) is 11.1 Å². The van der Waals surface area contributed by atoms with E-state index in [2.05, 4.69) is 42.5 Å². The van der Waals surface area contributed by atoms with Crippen molar-refractivity contribution in [1.82, 2.24) is 0 Å². The van der Waals surface area contributed by atoms with Gasteiger partial charge in [0.25, 0.3) is 0 Å². The van der Waals surface area contributed by atoms with Crippen LogP contribution in [0.3, 0.4) is 0 Å². The molecule has 1 aliphatic heterocycles. The topological polar surface area (TPSA) is 44.8 Å². The lowest BCUT2D eigenvalue weighted by Crippen LogP contribution is -2.32. The number of rotatable bonds is 7. The van der Waals surface area contributed by atoms with E-state index in [1.165, 1.54) is 11.1 Å². The van der Waals surface area contributed by atoms with Crippen molar-refractivity contribution in [1.29, 1.82) is 0 Å². The molecule has 1 heterocycles. The molecule has 4 nitrogen and oxygen atoms in total. The molecule has 200 valence electrons. The smallest absolute Gasteiger partial charge is 0.176 e. The van der Waals surface area contributed by atoms with Gasteiger partial charge in [0.05, 0.1) is 25.7 Å². The number of carbonyl (C=O) groups excluding carboxylic acids is 1. The Morgan fingerprint density at radius 1 is 0.775 bits per heavy atom. The van der Waals surface area contributed by atoms with Gasteiger partial charge in [-0.3, -0.25) is 4.79 Å². The molecule has 0 N–H and O–H groups in total. The van der Waals surface area contributed by atoms with Crippen LogP contribution in [0.1, 0.15) is 64.1 Å². The van der Waals surface area contributed by atoms with Gasteiger partial charge in [-0.15, -0.1) is 0 Å². The summed E-state index contributed by atoms with van der Waals surface area (Å²) in [7, 11) is 3.31. The molecule has 7 rings (SSSR count). The normalized spacial score (nSPS) is 24.2. The lowest BCUT2D eigenvalue weighted by atomic mass is 9.68. The van der Waals surface area contributed by atoms with E-state index in [-0.39, 0.29) is 11.9 Å². The van der Waals surface area contributed by atoms with Crippen LogP contribution in [0.15, 0.2) is 103 Å². The number of allylic oxidation sites excluding steroid dienone is 1. The highest BCUT2D eigenvalue weighted by Crippen LogP contribution is 2.69. The van der Waals surface area contributed by atoms with Crippen molar-refractivity contribution in [2.75, 3.05) is 14.2 Å². The molecule has 0 unspecified atom stereocenters. The number of ketones is 1. The average molecular weight is 529 g/mol. The minimum Gasteiger partial charge on any atom is -0.493 e. The van der Waals surface area contributed by atoms with Crippen molar-refractivity contribution in [2.45, 2.75) is 31.5 Å². The molecule has 0 radical (unpaired) electrons. The zero-order chi connectivity index (χ0) is 27.3. The predicted molar refractivity (Wildman–Crippen MR) is 156 cm³/mol. The Labute approximate surface area is 235 Å². The summed E-state index contributed by atoms with van der Waals surface area (Å²) < 4.78 is 18.5. The molecule has 2 fully saturated rings. The first kappa shape index (κ1) is 24.9. The van der Waals surface area contributed by atoms with Crippen molar-refractivity contribution in [3.8, 4) is 11.5 Å². The molecule has 0 amide bonds. The maximum absolute atomic E-state index is 15.0. The summed E-state index contributed by atoms with van der Waals surface area (Å²) in [5.74, 6) is 1.80. The molecule has 4 aromatic rings. The van der Waals surface area contributed by atoms with E-state index in [4.69, 9.17) is 14.2 Å². The predicted octanol–water partition coefficient (Wildman–Crippen LogP) is 8.11. The zero-order valence-electron chi connectivity index (χ0n) is 22.8. The zero-order valence-corrected chi connectivity index (χ0v) is 22.8. The molecule has 4 aromatic carbocycles. The fourth-order valence-corrected chi connectivity index (χ4v) is 6.86. The fourth-order valence-electron chi connectivity index (χ4n) is 6.86. The van der Waals surface area contributed by atoms with E-state index >= 15 is 4.79 Å². The van der Waals surface area contributed by atoms with Crippen molar-refractivity contribution >= 4 is 16.9 Å². The Hall–Kier alpha value is -4.15. The third kappa shape index (κ3) is 3.82. The second-order valence-corrected chi connectivity index (χ2v) is 11.0. The average Bonchev–Trinajstić information content (AvgIpc) is 3.73. The molecular weight excluding hydrogens is 496 g/mol. The van der Waals surface area contributed by atoms with Gasteiger partial charge in [0.15, 0.2) is 17.3 Å². The largest absolute Gasteiger partial charge is 0.493 e. The van der Waals surface area contributed by atoms with Gasteiger partial charge in [-0.2, -0.15) is 0 Å². The number of carbonyl (C=O) groups is 1. The molecule has 0 spiro atoms. The summed E-state index contributed by atoms with van der Waals surface area (Å²) in [6, 6.07) is 34.7. The lowest BCUT2D eigenvalue weighted by molar-refractivity contribution is 0.0260. The van der Waals surface area contributed by atoms with E-state index in [1.807, 2.05) is 60.7 Å². The highest BCUT2D eigenvalue weighted by molar-refractivity contribution is 6.16. The van der Waals surface area contributed by atoms with Gasteiger partial charge >= 0.3 is 0 Å². The van der Waals surface area contributed by atoms with Crippen molar-refractivity contribution in [2.24, 2.45) is 11.3 Å². The van der Waals surface area contributed by atoms with E-state index in [1.54, 1.807) is 14.2 Å². The monoisotopic (exact) mass is 528 g/mol. The van der Waals surface area contributed by atoms with Crippen LogP contribution in [0, 0.1) is 11.3 Å². The standard InChI is InChI=1S/C36H32O4/c1-38-29-20-27-28(21-30(29)39-2)35-36(34(37)26-16-10-5-11-17-26,22-31(40-35)23-12-6-3-7-13-23)33(27)32(25-18-19-25)24-14-8-4-9-15-24/h3-17,20-21,25,31,35H,18-19,22H2,1-2H3/b33-32-/t31-,35+,36-/m1/s1. The van der Waals surface area contributed by atoms with Crippen LogP contribution in [-0.4, -0.2) is 20.0 Å². The minimum absolute atomic E-state index is 0.106. The number of ether oxygens (including phenoxy) is 3. The molecule has 0 bridgehead atoms. The Balaban J connectivity index is 1.56. The number of methoxy groups -OCH3 is 2. The second kappa shape index (κ2) is 9.79. The Kier molecular flexibility index (Phi) is 6.09. The van der Waals surface area contributed by atoms with Crippen LogP contribution >= 0.6 is 0 Å². The first-order valence-corrected chi connectivity index (χ1v) is 14.0. The fraction of sp³-hybridized carbons (Fsp3) is 0.250. The van der Waals surface area contributed by atoms with Gasteiger partial charge in [-0.25, -0.2) is 0 Å². The highest BCUT2D eigenvalue weighted by Gasteiger charge is 2.63. The lowest BCUT2D eigenvalue weighted by Gasteiger charge is -2.31. The molecule has 3 aliphatic rings. The van der Waals surface area contributed by atoms with Crippen LogP contribution in [0.5, 0.6) is 11.5 Å². The first-order valence-electron chi connectivity index (χ1n) is 14.0. The summed E-state index contributed by atoms with van der Waals surface area (Å²) in [6.45, 7) is 0. The summed E-state index contributed by atoms with van der Waals surface area (Å²) in [6.07, 6.45) is 2.12. The van der Waals surface area contributed by atoms with Gasteiger partial charge in [0.1, 0.15) is 6.10 Å². The summed E-state index contributed by atoms with van der Waals surface area (Å²) in [5.41, 5.74) is 6.45. The van der Waals surface area contributed by atoms with E-state index in [0.29, 0.717) is 29.4 Å². The molecule has 1 saturated carbocycles. The van der Waals surface area contributed by atoms with Crippen molar-refractivity contribution in [3.63, 3.8) is 0 Å².